The van der Waals surface area contributed by atoms with E-state index < -0.39 is 6.10 Å². The highest BCUT2D eigenvalue weighted by Crippen LogP contribution is 2.27. The van der Waals surface area contributed by atoms with Gasteiger partial charge >= 0.3 is 0 Å². The van der Waals surface area contributed by atoms with Gasteiger partial charge in [-0.25, -0.2) is 0 Å². The van der Waals surface area contributed by atoms with Crippen molar-refractivity contribution in [2.75, 3.05) is 0 Å². The largest absolute Gasteiger partial charge is 0.381 e. The Bertz CT molecular complexity index is 204. The number of carbonyl (C=O) groups excluding carboxylic acids is 1. The maximum atomic E-state index is 11.0. The average Bonchev–Trinajstić information content (AvgIpc) is 2.04. The van der Waals surface area contributed by atoms with E-state index in [1.54, 1.807) is 0 Å². The first-order valence-electron chi connectivity index (χ1n) is 4.10. The molecule has 0 bridgehead atoms. The van der Waals surface area contributed by atoms with Gasteiger partial charge in [-0.3, -0.25) is 4.79 Å². The normalized spacial score (nSPS) is 23.9. The molecule has 0 radical (unpaired) electrons. The van der Waals surface area contributed by atoms with E-state index in [2.05, 4.69) is 6.92 Å². The summed E-state index contributed by atoms with van der Waals surface area (Å²) < 4.78 is 0. The lowest BCUT2D eigenvalue weighted by Gasteiger charge is -2.25. The van der Waals surface area contributed by atoms with E-state index in [-0.39, 0.29) is 5.78 Å². The summed E-state index contributed by atoms with van der Waals surface area (Å²) in [5.41, 5.74) is 1.74. The van der Waals surface area contributed by atoms with Crippen molar-refractivity contribution in [2.45, 2.75) is 39.2 Å². The highest BCUT2D eigenvalue weighted by Gasteiger charge is 2.33. The average molecular weight is 154 g/mol. The first-order valence-corrected chi connectivity index (χ1v) is 4.10. The van der Waals surface area contributed by atoms with E-state index in [9.17, 15) is 4.79 Å². The zero-order valence-corrected chi connectivity index (χ0v) is 7.05. The Morgan fingerprint density at radius 2 is 2.18 bits per heavy atom. The number of hydrogen-bond donors (Lipinski definition) is 1. The molecule has 1 N–H and O–H groups in total. The van der Waals surface area contributed by atoms with E-state index in [4.69, 9.17) is 5.11 Å². The van der Waals surface area contributed by atoms with Crippen molar-refractivity contribution in [3.05, 3.63) is 11.1 Å². The molecule has 1 rings (SSSR count). The molecule has 1 aliphatic carbocycles. The van der Waals surface area contributed by atoms with Crippen LogP contribution in [0.4, 0.5) is 0 Å². The van der Waals surface area contributed by atoms with Crippen molar-refractivity contribution < 1.29 is 9.90 Å². The summed E-state index contributed by atoms with van der Waals surface area (Å²) in [6.07, 6.45) is 2.21. The van der Waals surface area contributed by atoms with Gasteiger partial charge in [0.1, 0.15) is 6.10 Å². The van der Waals surface area contributed by atoms with Crippen molar-refractivity contribution >= 4 is 5.78 Å². The minimum absolute atomic E-state index is 0.0593. The van der Waals surface area contributed by atoms with Crippen LogP contribution in [0.3, 0.4) is 0 Å². The Labute approximate surface area is 66.9 Å². The summed E-state index contributed by atoms with van der Waals surface area (Å²) in [4.78, 5) is 11.0. The predicted octanol–water partition coefficient (Wildman–Crippen LogP) is 1.44. The molecular weight excluding hydrogens is 140 g/mol. The van der Waals surface area contributed by atoms with Crippen LogP contribution in [0.5, 0.6) is 0 Å². The van der Waals surface area contributed by atoms with Crippen LogP contribution in [0.25, 0.3) is 0 Å². The lowest BCUT2D eigenvalue weighted by Crippen LogP contribution is -2.35. The van der Waals surface area contributed by atoms with Gasteiger partial charge in [-0.2, -0.15) is 0 Å². The third-order valence-corrected chi connectivity index (χ3v) is 2.21. The molecule has 0 aromatic carbocycles. The molecule has 2 heteroatoms. The number of ketones is 1. The Balaban J connectivity index is 2.53. The Morgan fingerprint density at radius 3 is 2.64 bits per heavy atom. The third-order valence-electron chi connectivity index (χ3n) is 2.21. The summed E-state index contributed by atoms with van der Waals surface area (Å²) in [6.45, 7) is 3.92. The standard InChI is InChI=1S/C9H14O2/c1-3-4-5-7-6(2)8(10)9(7)11/h8,10H,3-5H2,1-2H3. The quantitative estimate of drug-likeness (QED) is 0.667. The van der Waals surface area contributed by atoms with Gasteiger partial charge < -0.3 is 5.11 Å². The van der Waals surface area contributed by atoms with Crippen molar-refractivity contribution in [3.8, 4) is 0 Å². The number of rotatable bonds is 3. The number of aliphatic hydroxyl groups excluding tert-OH is 1. The molecule has 0 fully saturated rings. The zero-order valence-electron chi connectivity index (χ0n) is 7.05. The second kappa shape index (κ2) is 3.18. The Kier molecular flexibility index (Phi) is 2.45. The number of hydrogen-bond acceptors (Lipinski definition) is 2. The van der Waals surface area contributed by atoms with Gasteiger partial charge in [0.25, 0.3) is 0 Å². The second-order valence-electron chi connectivity index (χ2n) is 3.03. The molecule has 0 spiro atoms. The van der Waals surface area contributed by atoms with E-state index in [1.807, 2.05) is 6.92 Å². The molecule has 11 heavy (non-hydrogen) atoms. The maximum Gasteiger partial charge on any atom is 0.191 e. The van der Waals surface area contributed by atoms with Crippen molar-refractivity contribution in [1.29, 1.82) is 0 Å². The Morgan fingerprint density at radius 1 is 1.55 bits per heavy atom. The van der Waals surface area contributed by atoms with Gasteiger partial charge in [0, 0.05) is 5.57 Å². The molecule has 0 aromatic heterocycles. The number of carbonyl (C=O) groups is 1. The van der Waals surface area contributed by atoms with Crippen molar-refractivity contribution in [3.63, 3.8) is 0 Å². The van der Waals surface area contributed by atoms with Gasteiger partial charge in [0.05, 0.1) is 0 Å². The van der Waals surface area contributed by atoms with Crippen molar-refractivity contribution in [1.82, 2.24) is 0 Å². The fourth-order valence-corrected chi connectivity index (χ4v) is 1.32. The first-order chi connectivity index (χ1) is 5.18. The number of Topliss-reactive ketones (excluding diaryl/α,β-unsaturated/α-hetero) is 1. The van der Waals surface area contributed by atoms with Gasteiger partial charge in [-0.05, 0) is 25.3 Å². The highest BCUT2D eigenvalue weighted by atomic mass is 16.3. The molecule has 0 aliphatic heterocycles. The number of unbranched alkanes of at least 4 members (excludes halogenated alkanes) is 1. The molecule has 0 saturated carbocycles. The fraction of sp³-hybridized carbons (Fsp3) is 0.667. The van der Waals surface area contributed by atoms with Crippen LogP contribution in [0.1, 0.15) is 33.1 Å². The highest BCUT2D eigenvalue weighted by molar-refractivity contribution is 6.08. The molecule has 2 nitrogen and oxygen atoms in total. The molecular formula is C9H14O2. The fourth-order valence-electron chi connectivity index (χ4n) is 1.32. The van der Waals surface area contributed by atoms with Crippen molar-refractivity contribution in [2.24, 2.45) is 0 Å². The summed E-state index contributed by atoms with van der Waals surface area (Å²) in [5, 5.41) is 9.05. The SMILES string of the molecule is CCCCC1=C(C)C(O)C1=O. The van der Waals surface area contributed by atoms with E-state index in [1.165, 1.54) is 0 Å². The molecule has 0 aromatic rings. The minimum atomic E-state index is -0.776. The van der Waals surface area contributed by atoms with Crippen LogP contribution >= 0.6 is 0 Å². The van der Waals surface area contributed by atoms with Crippen LogP contribution in [0, 0.1) is 0 Å². The van der Waals surface area contributed by atoms with Gasteiger partial charge in [-0.1, -0.05) is 13.3 Å². The second-order valence-corrected chi connectivity index (χ2v) is 3.03. The van der Waals surface area contributed by atoms with Crippen LogP contribution < -0.4 is 0 Å². The lowest BCUT2D eigenvalue weighted by atomic mass is 9.82. The summed E-state index contributed by atoms with van der Waals surface area (Å²) >= 11 is 0. The van der Waals surface area contributed by atoms with Gasteiger partial charge in [0.2, 0.25) is 0 Å². The van der Waals surface area contributed by atoms with E-state index >= 15 is 0 Å². The molecule has 1 unspecified atom stereocenters. The molecule has 0 amide bonds. The van der Waals surface area contributed by atoms with E-state index in [0.29, 0.717) is 0 Å². The van der Waals surface area contributed by atoms with Crippen LogP contribution in [0.15, 0.2) is 11.1 Å². The Hall–Kier alpha value is -0.630. The van der Waals surface area contributed by atoms with Gasteiger partial charge in [0.15, 0.2) is 5.78 Å². The summed E-state index contributed by atoms with van der Waals surface area (Å²) in [6, 6.07) is 0. The first kappa shape index (κ1) is 8.47. The van der Waals surface area contributed by atoms with Gasteiger partial charge in [-0.15, -0.1) is 0 Å². The predicted molar refractivity (Wildman–Crippen MR) is 43.2 cm³/mol. The smallest absolute Gasteiger partial charge is 0.191 e. The lowest BCUT2D eigenvalue weighted by molar-refractivity contribution is -0.124. The molecule has 0 heterocycles. The topological polar surface area (TPSA) is 37.3 Å². The summed E-state index contributed by atoms with van der Waals surface area (Å²) in [7, 11) is 0. The van der Waals surface area contributed by atoms with Crippen LogP contribution in [0.2, 0.25) is 0 Å². The molecule has 1 aliphatic rings. The third kappa shape index (κ3) is 1.36. The minimum Gasteiger partial charge on any atom is -0.381 e. The van der Waals surface area contributed by atoms with E-state index in [0.717, 1.165) is 30.4 Å². The number of aliphatic hydroxyl groups is 1. The summed E-state index contributed by atoms with van der Waals surface area (Å²) in [5.74, 6) is -0.0593. The van der Waals surface area contributed by atoms with Crippen LogP contribution in [-0.4, -0.2) is 17.0 Å². The molecule has 0 saturated heterocycles. The zero-order chi connectivity index (χ0) is 8.43. The van der Waals surface area contributed by atoms with Crippen LogP contribution in [-0.2, 0) is 4.79 Å². The molecule has 1 atom stereocenters. The maximum absolute atomic E-state index is 11.0. The molecule has 62 valence electrons. The monoisotopic (exact) mass is 154 g/mol.